The SMILES string of the molecule is CC(C)CNC(=O)CNC(=O)CCCCBr. The normalized spacial score (nSPS) is 10.2. The Bertz CT molecular complexity index is 220. The van der Waals surface area contributed by atoms with E-state index in [1.54, 1.807) is 0 Å². The van der Waals surface area contributed by atoms with E-state index >= 15 is 0 Å². The molecule has 0 saturated carbocycles. The minimum Gasteiger partial charge on any atom is -0.354 e. The van der Waals surface area contributed by atoms with Crippen LogP contribution in [0.4, 0.5) is 0 Å². The minimum atomic E-state index is -0.123. The van der Waals surface area contributed by atoms with Crippen molar-refractivity contribution in [1.82, 2.24) is 10.6 Å². The molecule has 2 N–H and O–H groups in total. The van der Waals surface area contributed by atoms with Gasteiger partial charge in [-0.3, -0.25) is 9.59 Å². The fraction of sp³-hybridized carbons (Fsp3) is 0.818. The van der Waals surface area contributed by atoms with Crippen molar-refractivity contribution in [2.24, 2.45) is 5.92 Å². The molecule has 0 unspecified atom stereocenters. The number of nitrogens with one attached hydrogen (secondary N) is 2. The average molecular weight is 293 g/mol. The molecule has 0 fully saturated rings. The van der Waals surface area contributed by atoms with E-state index in [-0.39, 0.29) is 18.4 Å². The van der Waals surface area contributed by atoms with Gasteiger partial charge in [-0.2, -0.15) is 0 Å². The van der Waals surface area contributed by atoms with Crippen molar-refractivity contribution < 1.29 is 9.59 Å². The first-order chi connectivity index (χ1) is 7.56. The van der Waals surface area contributed by atoms with Gasteiger partial charge in [-0.25, -0.2) is 0 Å². The topological polar surface area (TPSA) is 58.2 Å². The van der Waals surface area contributed by atoms with Crippen molar-refractivity contribution in [3.8, 4) is 0 Å². The van der Waals surface area contributed by atoms with E-state index in [4.69, 9.17) is 0 Å². The average Bonchev–Trinajstić information content (AvgIpc) is 2.24. The van der Waals surface area contributed by atoms with Gasteiger partial charge >= 0.3 is 0 Å². The maximum atomic E-state index is 11.3. The molecule has 2 amide bonds. The first-order valence-corrected chi connectivity index (χ1v) is 6.77. The molecule has 0 heterocycles. The Morgan fingerprint density at radius 3 is 2.38 bits per heavy atom. The van der Waals surface area contributed by atoms with Gasteiger partial charge in [0.1, 0.15) is 0 Å². The predicted molar refractivity (Wildman–Crippen MR) is 68.5 cm³/mol. The summed E-state index contributed by atoms with van der Waals surface area (Å²) in [5, 5.41) is 6.25. The van der Waals surface area contributed by atoms with Gasteiger partial charge in [-0.05, 0) is 18.8 Å². The molecule has 0 saturated heterocycles. The van der Waals surface area contributed by atoms with E-state index in [1.165, 1.54) is 0 Å². The standard InChI is InChI=1S/C11H21BrN2O2/c1-9(2)7-13-11(16)8-14-10(15)5-3-4-6-12/h9H,3-8H2,1-2H3,(H,13,16)(H,14,15). The summed E-state index contributed by atoms with van der Waals surface area (Å²) in [5.74, 6) is 0.252. The predicted octanol–water partition coefficient (Wildman–Crippen LogP) is 1.44. The van der Waals surface area contributed by atoms with Gasteiger partial charge < -0.3 is 10.6 Å². The molecule has 5 heteroatoms. The number of rotatable bonds is 8. The highest BCUT2D eigenvalue weighted by Crippen LogP contribution is 1.97. The first kappa shape index (κ1) is 15.4. The molecule has 0 rings (SSSR count). The summed E-state index contributed by atoms with van der Waals surface area (Å²) in [6, 6.07) is 0. The molecule has 0 bridgehead atoms. The zero-order chi connectivity index (χ0) is 12.4. The van der Waals surface area contributed by atoms with Gasteiger partial charge in [-0.1, -0.05) is 29.8 Å². The van der Waals surface area contributed by atoms with E-state index < -0.39 is 0 Å². The van der Waals surface area contributed by atoms with Crippen molar-refractivity contribution in [2.45, 2.75) is 33.1 Å². The molecular weight excluding hydrogens is 272 g/mol. The van der Waals surface area contributed by atoms with Crippen LogP contribution in [-0.2, 0) is 9.59 Å². The van der Waals surface area contributed by atoms with E-state index in [9.17, 15) is 9.59 Å². The van der Waals surface area contributed by atoms with Crippen LogP contribution in [0.3, 0.4) is 0 Å². The molecule has 4 nitrogen and oxygen atoms in total. The molecule has 16 heavy (non-hydrogen) atoms. The molecule has 0 aliphatic rings. The number of halogens is 1. The van der Waals surface area contributed by atoms with Crippen molar-refractivity contribution in [3.05, 3.63) is 0 Å². The van der Waals surface area contributed by atoms with Crippen LogP contribution in [0.1, 0.15) is 33.1 Å². The second-order valence-corrected chi connectivity index (χ2v) is 4.91. The number of carbonyl (C=O) groups excluding carboxylic acids is 2. The Balaban J connectivity index is 3.47. The zero-order valence-electron chi connectivity index (χ0n) is 10.0. The van der Waals surface area contributed by atoms with Crippen LogP contribution in [0.2, 0.25) is 0 Å². The smallest absolute Gasteiger partial charge is 0.239 e. The van der Waals surface area contributed by atoms with Gasteiger partial charge in [0.25, 0.3) is 0 Å². The van der Waals surface area contributed by atoms with Crippen molar-refractivity contribution in [1.29, 1.82) is 0 Å². The number of hydrogen-bond donors (Lipinski definition) is 2. The fourth-order valence-electron chi connectivity index (χ4n) is 1.03. The highest BCUT2D eigenvalue weighted by molar-refractivity contribution is 9.09. The minimum absolute atomic E-state index is 0.0550. The quantitative estimate of drug-likeness (QED) is 0.525. The molecule has 0 aromatic carbocycles. The van der Waals surface area contributed by atoms with Gasteiger partial charge in [0, 0.05) is 18.3 Å². The van der Waals surface area contributed by atoms with Crippen LogP contribution in [-0.4, -0.2) is 30.2 Å². The third-order valence-corrected chi connectivity index (χ3v) is 2.50. The van der Waals surface area contributed by atoms with Crippen LogP contribution < -0.4 is 10.6 Å². The molecule has 0 aromatic rings. The number of unbranched alkanes of at least 4 members (excludes halogenated alkanes) is 1. The molecule has 0 aliphatic carbocycles. The van der Waals surface area contributed by atoms with Crippen LogP contribution >= 0.6 is 15.9 Å². The van der Waals surface area contributed by atoms with Crippen LogP contribution in [0, 0.1) is 5.92 Å². The molecule has 0 radical (unpaired) electrons. The molecule has 0 aromatic heterocycles. The lowest BCUT2D eigenvalue weighted by Crippen LogP contribution is -2.38. The summed E-state index contributed by atoms with van der Waals surface area (Å²) < 4.78 is 0. The Labute approximate surface area is 106 Å². The monoisotopic (exact) mass is 292 g/mol. The van der Waals surface area contributed by atoms with Crippen LogP contribution in [0.5, 0.6) is 0 Å². The van der Waals surface area contributed by atoms with Crippen LogP contribution in [0.25, 0.3) is 0 Å². The fourth-order valence-corrected chi connectivity index (χ4v) is 1.42. The summed E-state index contributed by atoms with van der Waals surface area (Å²) in [7, 11) is 0. The summed E-state index contributed by atoms with van der Waals surface area (Å²) in [6.07, 6.45) is 2.32. The molecule has 0 atom stereocenters. The van der Waals surface area contributed by atoms with Gasteiger partial charge in [0.15, 0.2) is 0 Å². The van der Waals surface area contributed by atoms with Gasteiger partial charge in [0.2, 0.25) is 11.8 Å². The Kier molecular flexibility index (Phi) is 9.28. The maximum Gasteiger partial charge on any atom is 0.239 e. The molecular formula is C11H21BrN2O2. The number of amides is 2. The third-order valence-electron chi connectivity index (χ3n) is 1.94. The highest BCUT2D eigenvalue weighted by atomic mass is 79.9. The molecule has 94 valence electrons. The van der Waals surface area contributed by atoms with Gasteiger partial charge in [0.05, 0.1) is 6.54 Å². The summed E-state index contributed by atoms with van der Waals surface area (Å²) in [6.45, 7) is 4.79. The summed E-state index contributed by atoms with van der Waals surface area (Å²) in [5.41, 5.74) is 0. The van der Waals surface area contributed by atoms with Crippen molar-refractivity contribution in [3.63, 3.8) is 0 Å². The lowest BCUT2D eigenvalue weighted by molar-refractivity contribution is -0.126. The van der Waals surface area contributed by atoms with Crippen molar-refractivity contribution in [2.75, 3.05) is 18.4 Å². The first-order valence-electron chi connectivity index (χ1n) is 5.65. The third kappa shape index (κ3) is 9.96. The lowest BCUT2D eigenvalue weighted by atomic mass is 10.2. The zero-order valence-corrected chi connectivity index (χ0v) is 11.6. The number of hydrogen-bond acceptors (Lipinski definition) is 2. The Morgan fingerprint density at radius 2 is 1.81 bits per heavy atom. The maximum absolute atomic E-state index is 11.3. The Hall–Kier alpha value is -0.580. The summed E-state index contributed by atoms with van der Waals surface area (Å²) in [4.78, 5) is 22.5. The second-order valence-electron chi connectivity index (χ2n) is 4.12. The lowest BCUT2D eigenvalue weighted by Gasteiger charge is -2.08. The number of alkyl halides is 1. The number of carbonyl (C=O) groups is 2. The largest absolute Gasteiger partial charge is 0.354 e. The molecule has 0 aliphatic heterocycles. The van der Waals surface area contributed by atoms with E-state index in [2.05, 4.69) is 26.6 Å². The summed E-state index contributed by atoms with van der Waals surface area (Å²) >= 11 is 3.30. The van der Waals surface area contributed by atoms with Gasteiger partial charge in [-0.15, -0.1) is 0 Å². The van der Waals surface area contributed by atoms with E-state index in [0.717, 1.165) is 18.2 Å². The van der Waals surface area contributed by atoms with Crippen LogP contribution in [0.15, 0.2) is 0 Å². The molecule has 0 spiro atoms. The van der Waals surface area contributed by atoms with E-state index in [1.807, 2.05) is 13.8 Å². The van der Waals surface area contributed by atoms with Crippen molar-refractivity contribution >= 4 is 27.7 Å². The Morgan fingerprint density at radius 1 is 1.12 bits per heavy atom. The second kappa shape index (κ2) is 9.63. The van der Waals surface area contributed by atoms with E-state index in [0.29, 0.717) is 18.9 Å². The highest BCUT2D eigenvalue weighted by Gasteiger charge is 2.05.